The third-order valence-corrected chi connectivity index (χ3v) is 2.81. The zero-order valence-electron chi connectivity index (χ0n) is 10.2. The van der Waals surface area contributed by atoms with E-state index >= 15 is 0 Å². The Bertz CT molecular complexity index is 371. The van der Waals surface area contributed by atoms with E-state index in [1.807, 2.05) is 19.9 Å². The Hall–Kier alpha value is -1.15. The maximum absolute atomic E-state index is 13.8. The number of hydrogen-bond acceptors (Lipinski definition) is 1. The predicted octanol–water partition coefficient (Wildman–Crippen LogP) is 3.62. The summed E-state index contributed by atoms with van der Waals surface area (Å²) in [5.74, 6) is -0.327. The fraction of sp³-hybridized carbons (Fsp3) is 0.429. The number of aliphatic hydroxyl groups is 1. The summed E-state index contributed by atoms with van der Waals surface area (Å²) < 4.78 is 13.8. The molecule has 0 aliphatic rings. The Labute approximate surface area is 96.6 Å². The molecule has 0 aromatic heterocycles. The second kappa shape index (κ2) is 4.79. The largest absolute Gasteiger partial charge is 0.385 e. The monoisotopic (exact) mass is 222 g/mol. The average Bonchev–Trinajstić information content (AvgIpc) is 2.12. The van der Waals surface area contributed by atoms with Gasteiger partial charge in [-0.3, -0.25) is 0 Å². The molecule has 2 heteroatoms. The molecule has 0 radical (unpaired) electrons. The van der Waals surface area contributed by atoms with Crippen LogP contribution in [-0.2, 0) is 5.60 Å². The number of aryl methyl sites for hydroxylation is 2. The van der Waals surface area contributed by atoms with Gasteiger partial charge >= 0.3 is 0 Å². The number of benzene rings is 1. The molecule has 1 unspecified atom stereocenters. The first-order valence-electron chi connectivity index (χ1n) is 5.49. The summed E-state index contributed by atoms with van der Waals surface area (Å²) in [6.45, 7) is 8.93. The zero-order chi connectivity index (χ0) is 12.3. The van der Waals surface area contributed by atoms with Crippen LogP contribution in [0.2, 0.25) is 0 Å². The van der Waals surface area contributed by atoms with Crippen LogP contribution in [0.1, 0.15) is 36.5 Å². The number of hydrogen-bond donors (Lipinski definition) is 1. The minimum absolute atomic E-state index is 0.327. The van der Waals surface area contributed by atoms with E-state index in [1.165, 1.54) is 6.07 Å². The highest BCUT2D eigenvalue weighted by Gasteiger charge is 2.27. The van der Waals surface area contributed by atoms with E-state index in [0.717, 1.165) is 11.1 Å². The van der Waals surface area contributed by atoms with Gasteiger partial charge in [0.05, 0.1) is 5.60 Å². The summed E-state index contributed by atoms with van der Waals surface area (Å²) in [5.41, 5.74) is 0.945. The molecule has 0 aliphatic heterocycles. The van der Waals surface area contributed by atoms with Gasteiger partial charge in [0.1, 0.15) is 5.82 Å². The quantitative estimate of drug-likeness (QED) is 0.771. The summed E-state index contributed by atoms with van der Waals surface area (Å²) >= 11 is 0. The molecular formula is C14H19FO. The van der Waals surface area contributed by atoms with Gasteiger partial charge in [0.25, 0.3) is 0 Å². The molecule has 0 aliphatic carbocycles. The minimum atomic E-state index is -1.13. The first-order chi connectivity index (χ1) is 7.38. The van der Waals surface area contributed by atoms with Crippen LogP contribution >= 0.6 is 0 Å². The zero-order valence-corrected chi connectivity index (χ0v) is 10.2. The van der Waals surface area contributed by atoms with Gasteiger partial charge in [-0.25, -0.2) is 4.39 Å². The summed E-state index contributed by atoms with van der Waals surface area (Å²) in [5, 5.41) is 10.3. The van der Waals surface area contributed by atoms with Gasteiger partial charge in [0, 0.05) is 5.56 Å². The highest BCUT2D eigenvalue weighted by atomic mass is 19.1. The Morgan fingerprint density at radius 3 is 2.56 bits per heavy atom. The normalized spacial score (nSPS) is 14.6. The number of allylic oxidation sites excluding steroid dienone is 1. The molecule has 1 aromatic rings. The topological polar surface area (TPSA) is 20.2 Å². The van der Waals surface area contributed by atoms with Crippen molar-refractivity contribution in [1.29, 1.82) is 0 Å². The molecule has 1 nitrogen and oxygen atoms in total. The molecule has 0 fully saturated rings. The van der Waals surface area contributed by atoms with E-state index < -0.39 is 5.60 Å². The van der Waals surface area contributed by atoms with Crippen molar-refractivity contribution in [2.75, 3.05) is 0 Å². The summed E-state index contributed by atoms with van der Waals surface area (Å²) in [6.07, 6.45) is 2.88. The Morgan fingerprint density at radius 2 is 2.06 bits per heavy atom. The van der Waals surface area contributed by atoms with Crippen LogP contribution in [0, 0.1) is 19.7 Å². The van der Waals surface area contributed by atoms with Gasteiger partial charge in [-0.05, 0) is 50.8 Å². The molecule has 0 spiro atoms. The van der Waals surface area contributed by atoms with Crippen LogP contribution < -0.4 is 0 Å². The molecule has 1 atom stereocenters. The van der Waals surface area contributed by atoms with Crippen LogP contribution in [-0.4, -0.2) is 5.11 Å². The van der Waals surface area contributed by atoms with Crippen molar-refractivity contribution < 1.29 is 9.50 Å². The summed E-state index contributed by atoms with van der Waals surface area (Å²) in [6, 6.07) is 3.35. The molecule has 1 rings (SSSR count). The lowest BCUT2D eigenvalue weighted by Gasteiger charge is -2.26. The lowest BCUT2D eigenvalue weighted by atomic mass is 9.87. The van der Waals surface area contributed by atoms with Crippen LogP contribution in [0.25, 0.3) is 0 Å². The van der Waals surface area contributed by atoms with Crippen molar-refractivity contribution >= 4 is 0 Å². The van der Waals surface area contributed by atoms with Gasteiger partial charge in [-0.2, -0.15) is 0 Å². The molecule has 16 heavy (non-hydrogen) atoms. The van der Waals surface area contributed by atoms with Crippen molar-refractivity contribution in [3.63, 3.8) is 0 Å². The molecule has 88 valence electrons. The third-order valence-electron chi connectivity index (χ3n) is 2.81. The smallest absolute Gasteiger partial charge is 0.129 e. The highest BCUT2D eigenvalue weighted by Crippen LogP contribution is 2.31. The predicted molar refractivity (Wildman–Crippen MR) is 64.9 cm³/mol. The highest BCUT2D eigenvalue weighted by molar-refractivity contribution is 5.35. The Balaban J connectivity index is 3.16. The first kappa shape index (κ1) is 12.9. The van der Waals surface area contributed by atoms with Gasteiger partial charge in [0.2, 0.25) is 0 Å². The van der Waals surface area contributed by atoms with E-state index in [1.54, 1.807) is 13.0 Å². The standard InChI is InChI=1S/C14H19FO/c1-5-6-7-14(4,16)13-11(3)8-10(2)9-12(13)15/h5,8-9,16H,1,6-7H2,2-4H3. The molecule has 0 amide bonds. The van der Waals surface area contributed by atoms with E-state index in [2.05, 4.69) is 6.58 Å². The van der Waals surface area contributed by atoms with E-state index in [9.17, 15) is 9.50 Å². The van der Waals surface area contributed by atoms with Crippen LogP contribution in [0.5, 0.6) is 0 Å². The van der Waals surface area contributed by atoms with Crippen LogP contribution in [0.4, 0.5) is 4.39 Å². The van der Waals surface area contributed by atoms with Crippen molar-refractivity contribution in [1.82, 2.24) is 0 Å². The summed E-state index contributed by atoms with van der Waals surface area (Å²) in [7, 11) is 0. The van der Waals surface area contributed by atoms with Gasteiger partial charge < -0.3 is 5.11 Å². The fourth-order valence-electron chi connectivity index (χ4n) is 2.11. The lowest BCUT2D eigenvalue weighted by molar-refractivity contribution is 0.0444. The number of halogens is 1. The summed E-state index contributed by atoms with van der Waals surface area (Å²) in [4.78, 5) is 0. The van der Waals surface area contributed by atoms with E-state index in [4.69, 9.17) is 0 Å². The minimum Gasteiger partial charge on any atom is -0.385 e. The molecule has 1 aromatic carbocycles. The second-order valence-electron chi connectivity index (χ2n) is 4.54. The Morgan fingerprint density at radius 1 is 1.44 bits per heavy atom. The van der Waals surface area contributed by atoms with Crippen molar-refractivity contribution in [3.8, 4) is 0 Å². The average molecular weight is 222 g/mol. The third kappa shape index (κ3) is 2.70. The van der Waals surface area contributed by atoms with Gasteiger partial charge in [0.15, 0.2) is 0 Å². The van der Waals surface area contributed by atoms with Gasteiger partial charge in [-0.1, -0.05) is 12.1 Å². The SMILES string of the molecule is C=CCCC(C)(O)c1c(C)cc(C)cc1F. The molecule has 0 heterocycles. The van der Waals surface area contributed by atoms with E-state index in [-0.39, 0.29) is 5.82 Å². The molecule has 0 saturated carbocycles. The van der Waals surface area contributed by atoms with Crippen molar-refractivity contribution in [2.45, 2.75) is 39.2 Å². The number of rotatable bonds is 4. The maximum Gasteiger partial charge on any atom is 0.129 e. The van der Waals surface area contributed by atoms with Crippen LogP contribution in [0.3, 0.4) is 0 Å². The van der Waals surface area contributed by atoms with Gasteiger partial charge in [-0.15, -0.1) is 6.58 Å². The molecular weight excluding hydrogens is 203 g/mol. The first-order valence-corrected chi connectivity index (χ1v) is 5.49. The maximum atomic E-state index is 13.8. The molecule has 0 saturated heterocycles. The second-order valence-corrected chi connectivity index (χ2v) is 4.54. The molecule has 0 bridgehead atoms. The van der Waals surface area contributed by atoms with Crippen molar-refractivity contribution in [3.05, 3.63) is 47.3 Å². The molecule has 1 N–H and O–H groups in total. The van der Waals surface area contributed by atoms with Crippen molar-refractivity contribution in [2.24, 2.45) is 0 Å². The van der Waals surface area contributed by atoms with Crippen LogP contribution in [0.15, 0.2) is 24.8 Å². The van der Waals surface area contributed by atoms with E-state index in [0.29, 0.717) is 18.4 Å². The lowest BCUT2D eigenvalue weighted by Crippen LogP contribution is -2.24. The fourth-order valence-corrected chi connectivity index (χ4v) is 2.11. The Kier molecular flexibility index (Phi) is 3.87.